The maximum Gasteiger partial charge on any atom is 0.0518 e. The van der Waals surface area contributed by atoms with Crippen molar-refractivity contribution in [3.05, 3.63) is 0 Å². The molecule has 1 nitrogen and oxygen atoms in total. The molecule has 0 spiro atoms. The molecule has 70 valence electrons. The van der Waals surface area contributed by atoms with Crippen molar-refractivity contribution in [3.8, 4) is 0 Å². The molecule has 12 heavy (non-hydrogen) atoms. The molecule has 0 aromatic heterocycles. The quantitative estimate of drug-likeness (QED) is 0.599. The molecule has 0 amide bonds. The summed E-state index contributed by atoms with van der Waals surface area (Å²) in [6.45, 7) is 9.09. The fraction of sp³-hybridized carbons (Fsp3) is 0.909. The van der Waals surface area contributed by atoms with Gasteiger partial charge in [-0.3, -0.25) is 4.99 Å². The summed E-state index contributed by atoms with van der Waals surface area (Å²) in [4.78, 5) is 4.61. The molecule has 0 radical (unpaired) electrons. The van der Waals surface area contributed by atoms with Crippen LogP contribution in [0, 0.1) is 17.8 Å². The van der Waals surface area contributed by atoms with Crippen molar-refractivity contribution in [1.29, 1.82) is 0 Å². The molecule has 1 heterocycles. The fourth-order valence-electron chi connectivity index (χ4n) is 1.74. The molecule has 0 aliphatic carbocycles. The van der Waals surface area contributed by atoms with E-state index < -0.39 is 0 Å². The van der Waals surface area contributed by atoms with E-state index in [1.165, 1.54) is 12.8 Å². The van der Waals surface area contributed by atoms with E-state index in [1.807, 2.05) is 0 Å². The van der Waals surface area contributed by atoms with Gasteiger partial charge >= 0.3 is 0 Å². The Balaban J connectivity index is 2.47. The first-order valence-electron chi connectivity index (χ1n) is 5.14. The molecular weight excluding hydrogens is 146 g/mol. The SMILES string of the molecule is CC(C)C1C=NC(C(C)C)CC1. The predicted octanol–water partition coefficient (Wildman–Crippen LogP) is 3.15. The van der Waals surface area contributed by atoms with Crippen molar-refractivity contribution in [2.24, 2.45) is 22.7 Å². The van der Waals surface area contributed by atoms with E-state index in [4.69, 9.17) is 0 Å². The molecule has 0 N–H and O–H groups in total. The summed E-state index contributed by atoms with van der Waals surface area (Å²) in [6, 6.07) is 0.597. The van der Waals surface area contributed by atoms with Crippen LogP contribution < -0.4 is 0 Å². The van der Waals surface area contributed by atoms with E-state index in [-0.39, 0.29) is 0 Å². The van der Waals surface area contributed by atoms with Crippen molar-refractivity contribution >= 4 is 6.21 Å². The van der Waals surface area contributed by atoms with E-state index in [9.17, 15) is 0 Å². The van der Waals surface area contributed by atoms with Gasteiger partial charge in [0.25, 0.3) is 0 Å². The minimum atomic E-state index is 0.597. The number of rotatable bonds is 2. The fourth-order valence-corrected chi connectivity index (χ4v) is 1.74. The normalized spacial score (nSPS) is 30.2. The van der Waals surface area contributed by atoms with Gasteiger partial charge in [0.1, 0.15) is 0 Å². The monoisotopic (exact) mass is 167 g/mol. The molecule has 0 aromatic carbocycles. The first-order valence-corrected chi connectivity index (χ1v) is 5.14. The van der Waals surface area contributed by atoms with Crippen LogP contribution in [0.25, 0.3) is 0 Å². The van der Waals surface area contributed by atoms with Gasteiger partial charge in [-0.25, -0.2) is 0 Å². The van der Waals surface area contributed by atoms with Gasteiger partial charge in [-0.2, -0.15) is 0 Å². The van der Waals surface area contributed by atoms with Crippen molar-refractivity contribution in [2.45, 2.75) is 46.6 Å². The Labute approximate surface area is 76.3 Å². The van der Waals surface area contributed by atoms with E-state index in [0.717, 1.165) is 17.8 Å². The maximum atomic E-state index is 4.61. The van der Waals surface area contributed by atoms with Crippen LogP contribution in [0.3, 0.4) is 0 Å². The van der Waals surface area contributed by atoms with Crippen LogP contribution in [-0.4, -0.2) is 12.3 Å². The second kappa shape index (κ2) is 4.06. The minimum Gasteiger partial charge on any atom is -0.294 e. The molecule has 0 bridgehead atoms. The Bertz CT molecular complexity index is 140. The third-order valence-corrected chi connectivity index (χ3v) is 2.89. The van der Waals surface area contributed by atoms with E-state index in [2.05, 4.69) is 38.9 Å². The Morgan fingerprint density at radius 3 is 2.08 bits per heavy atom. The zero-order chi connectivity index (χ0) is 9.14. The number of nitrogens with zero attached hydrogens (tertiary/aromatic N) is 1. The minimum absolute atomic E-state index is 0.597. The van der Waals surface area contributed by atoms with Crippen LogP contribution in [0.15, 0.2) is 4.99 Å². The third-order valence-electron chi connectivity index (χ3n) is 2.89. The molecule has 1 aliphatic rings. The second-order valence-corrected chi connectivity index (χ2v) is 4.59. The van der Waals surface area contributed by atoms with Gasteiger partial charge < -0.3 is 0 Å². The van der Waals surface area contributed by atoms with Gasteiger partial charge in [-0.1, -0.05) is 27.7 Å². The van der Waals surface area contributed by atoms with Gasteiger partial charge in [0, 0.05) is 6.21 Å². The van der Waals surface area contributed by atoms with Crippen molar-refractivity contribution < 1.29 is 0 Å². The zero-order valence-corrected chi connectivity index (χ0v) is 8.75. The Morgan fingerprint density at radius 1 is 1.08 bits per heavy atom. The highest BCUT2D eigenvalue weighted by atomic mass is 14.8. The van der Waals surface area contributed by atoms with Gasteiger partial charge in [-0.15, -0.1) is 0 Å². The standard InChI is InChI=1S/C11H21N/c1-8(2)10-5-6-11(9(3)4)12-7-10/h7-11H,5-6H2,1-4H3. The summed E-state index contributed by atoms with van der Waals surface area (Å²) in [5.41, 5.74) is 0. The lowest BCUT2D eigenvalue weighted by atomic mass is 9.86. The van der Waals surface area contributed by atoms with Crippen molar-refractivity contribution in [2.75, 3.05) is 0 Å². The largest absolute Gasteiger partial charge is 0.294 e. The first kappa shape index (κ1) is 9.76. The van der Waals surface area contributed by atoms with Crippen LogP contribution in [0.5, 0.6) is 0 Å². The molecule has 2 atom stereocenters. The molecule has 0 saturated heterocycles. The number of aliphatic imine (C=N–C) groups is 1. The van der Waals surface area contributed by atoms with Crippen molar-refractivity contribution in [3.63, 3.8) is 0 Å². The first-order chi connectivity index (χ1) is 5.61. The average Bonchev–Trinajstić information content (AvgIpc) is 2.04. The smallest absolute Gasteiger partial charge is 0.0518 e. The molecule has 0 fully saturated rings. The summed E-state index contributed by atoms with van der Waals surface area (Å²) in [7, 11) is 0. The average molecular weight is 167 g/mol. The molecule has 0 aromatic rings. The highest BCUT2D eigenvalue weighted by Crippen LogP contribution is 2.24. The summed E-state index contributed by atoms with van der Waals surface area (Å²) >= 11 is 0. The zero-order valence-electron chi connectivity index (χ0n) is 8.75. The van der Waals surface area contributed by atoms with Crippen LogP contribution in [-0.2, 0) is 0 Å². The molecule has 1 rings (SSSR count). The molecule has 2 unspecified atom stereocenters. The van der Waals surface area contributed by atoms with Gasteiger partial charge in [0.15, 0.2) is 0 Å². The highest BCUT2D eigenvalue weighted by Gasteiger charge is 2.20. The van der Waals surface area contributed by atoms with Crippen molar-refractivity contribution in [1.82, 2.24) is 0 Å². The lowest BCUT2D eigenvalue weighted by Gasteiger charge is -2.26. The Morgan fingerprint density at radius 2 is 1.75 bits per heavy atom. The topological polar surface area (TPSA) is 12.4 Å². The van der Waals surface area contributed by atoms with Crippen LogP contribution in [0.1, 0.15) is 40.5 Å². The molecule has 0 saturated carbocycles. The Kier molecular flexibility index (Phi) is 3.30. The summed E-state index contributed by atoms with van der Waals surface area (Å²) in [6.07, 6.45) is 4.82. The van der Waals surface area contributed by atoms with E-state index in [1.54, 1.807) is 0 Å². The number of hydrogen-bond donors (Lipinski definition) is 0. The molecule has 1 heteroatoms. The lowest BCUT2D eigenvalue weighted by molar-refractivity contribution is 0.369. The van der Waals surface area contributed by atoms with Gasteiger partial charge in [0.2, 0.25) is 0 Å². The molecular formula is C11H21N. The second-order valence-electron chi connectivity index (χ2n) is 4.59. The summed E-state index contributed by atoms with van der Waals surface area (Å²) in [5, 5.41) is 0. The van der Waals surface area contributed by atoms with Gasteiger partial charge in [-0.05, 0) is 30.6 Å². The highest BCUT2D eigenvalue weighted by molar-refractivity contribution is 5.62. The third kappa shape index (κ3) is 2.33. The van der Waals surface area contributed by atoms with E-state index in [0.29, 0.717) is 6.04 Å². The summed E-state index contributed by atoms with van der Waals surface area (Å²) < 4.78 is 0. The number of hydrogen-bond acceptors (Lipinski definition) is 1. The molecule has 1 aliphatic heterocycles. The van der Waals surface area contributed by atoms with E-state index >= 15 is 0 Å². The Hall–Kier alpha value is -0.330. The maximum absolute atomic E-state index is 4.61. The van der Waals surface area contributed by atoms with Gasteiger partial charge in [0.05, 0.1) is 6.04 Å². The van der Waals surface area contributed by atoms with Crippen LogP contribution >= 0.6 is 0 Å². The summed E-state index contributed by atoms with van der Waals surface area (Å²) in [5.74, 6) is 2.22. The van der Waals surface area contributed by atoms with Crippen LogP contribution in [0.2, 0.25) is 0 Å². The predicted molar refractivity (Wildman–Crippen MR) is 54.7 cm³/mol. The van der Waals surface area contributed by atoms with Crippen LogP contribution in [0.4, 0.5) is 0 Å². The lowest BCUT2D eigenvalue weighted by Crippen LogP contribution is -2.23.